The molecule has 0 fully saturated rings. The first-order chi connectivity index (χ1) is 8.69. The molecule has 1 unspecified atom stereocenters. The first kappa shape index (κ1) is 13.1. The van der Waals surface area contributed by atoms with Crippen LogP contribution in [0.15, 0.2) is 35.7 Å². The lowest BCUT2D eigenvalue weighted by molar-refractivity contribution is 0.201. The Morgan fingerprint density at radius 1 is 1.22 bits per heavy atom. The number of thiophene rings is 1. The summed E-state index contributed by atoms with van der Waals surface area (Å²) in [5.74, 6) is 0.930. The van der Waals surface area contributed by atoms with Gasteiger partial charge in [-0.15, -0.1) is 11.3 Å². The van der Waals surface area contributed by atoms with Crippen LogP contribution in [-0.2, 0) is 0 Å². The van der Waals surface area contributed by atoms with Crippen molar-refractivity contribution in [1.29, 1.82) is 0 Å². The smallest absolute Gasteiger partial charge is 0.134 e. The lowest BCUT2D eigenvalue weighted by atomic mass is 10.1. The lowest BCUT2D eigenvalue weighted by Gasteiger charge is -2.18. The van der Waals surface area contributed by atoms with Gasteiger partial charge in [0.15, 0.2) is 0 Å². The molecule has 2 N–H and O–H groups in total. The molecule has 2 nitrogen and oxygen atoms in total. The van der Waals surface area contributed by atoms with Gasteiger partial charge >= 0.3 is 0 Å². The number of benzene rings is 1. The normalized spacial score (nSPS) is 12.4. The Bertz CT molecular complexity index is 473. The molecule has 1 aromatic carbocycles. The Kier molecular flexibility index (Phi) is 4.39. The van der Waals surface area contributed by atoms with Crippen LogP contribution < -0.4 is 10.5 Å². The molecular formula is C15H19NOS. The monoisotopic (exact) mass is 261 g/mol. The minimum atomic E-state index is 0.0659. The second kappa shape index (κ2) is 6.03. The van der Waals surface area contributed by atoms with Gasteiger partial charge < -0.3 is 10.5 Å². The molecule has 3 heteroatoms. The molecule has 0 saturated heterocycles. The van der Waals surface area contributed by atoms with Crippen LogP contribution in [0.5, 0.6) is 5.75 Å². The van der Waals surface area contributed by atoms with Crippen LogP contribution in [0, 0.1) is 13.8 Å². The summed E-state index contributed by atoms with van der Waals surface area (Å²) in [4.78, 5) is 1.24. The summed E-state index contributed by atoms with van der Waals surface area (Å²) in [6, 6.07) is 10.5. The number of nitrogens with two attached hydrogens (primary N) is 1. The highest BCUT2D eigenvalue weighted by Gasteiger charge is 2.13. The standard InChI is InChI=1S/C15H19NOS/c1-11-8-12(2)10-13(9-11)17-14(5-6-16)15-4-3-7-18-15/h3-4,7-10,14H,5-6,16H2,1-2H3. The van der Waals surface area contributed by atoms with Crippen molar-refractivity contribution in [3.8, 4) is 5.75 Å². The molecule has 18 heavy (non-hydrogen) atoms. The molecule has 0 radical (unpaired) electrons. The van der Waals surface area contributed by atoms with Crippen molar-refractivity contribution in [2.75, 3.05) is 6.54 Å². The molecule has 0 bridgehead atoms. The summed E-state index contributed by atoms with van der Waals surface area (Å²) in [7, 11) is 0. The second-order valence-electron chi connectivity index (χ2n) is 4.52. The van der Waals surface area contributed by atoms with E-state index in [2.05, 4.69) is 43.5 Å². The van der Waals surface area contributed by atoms with Gasteiger partial charge in [0.25, 0.3) is 0 Å². The first-order valence-electron chi connectivity index (χ1n) is 6.17. The van der Waals surface area contributed by atoms with E-state index in [9.17, 15) is 0 Å². The fourth-order valence-corrected chi connectivity index (χ4v) is 2.84. The van der Waals surface area contributed by atoms with Crippen molar-refractivity contribution < 1.29 is 4.74 Å². The Labute approximate surface area is 112 Å². The first-order valence-corrected chi connectivity index (χ1v) is 7.05. The van der Waals surface area contributed by atoms with E-state index in [4.69, 9.17) is 10.5 Å². The molecule has 0 aliphatic rings. The lowest BCUT2D eigenvalue weighted by Crippen LogP contribution is -2.12. The maximum Gasteiger partial charge on any atom is 0.134 e. The Morgan fingerprint density at radius 2 is 1.94 bits per heavy atom. The number of rotatable bonds is 5. The van der Waals surface area contributed by atoms with Crippen LogP contribution in [0.2, 0.25) is 0 Å². The average molecular weight is 261 g/mol. The van der Waals surface area contributed by atoms with Crippen molar-refractivity contribution in [2.45, 2.75) is 26.4 Å². The molecule has 2 aromatic rings. The molecule has 0 amide bonds. The summed E-state index contributed by atoms with van der Waals surface area (Å²) in [6.07, 6.45) is 0.907. The predicted molar refractivity (Wildman–Crippen MR) is 77.3 cm³/mol. The maximum atomic E-state index is 6.09. The topological polar surface area (TPSA) is 35.2 Å². The summed E-state index contributed by atoms with van der Waals surface area (Å²) < 4.78 is 6.09. The largest absolute Gasteiger partial charge is 0.485 e. The Morgan fingerprint density at radius 3 is 2.50 bits per heavy atom. The zero-order chi connectivity index (χ0) is 13.0. The zero-order valence-electron chi connectivity index (χ0n) is 10.8. The van der Waals surface area contributed by atoms with Crippen LogP contribution >= 0.6 is 11.3 Å². The third kappa shape index (κ3) is 3.34. The van der Waals surface area contributed by atoms with Gasteiger partial charge in [-0.2, -0.15) is 0 Å². The molecule has 0 aliphatic heterocycles. The zero-order valence-corrected chi connectivity index (χ0v) is 11.7. The summed E-state index contributed by atoms with van der Waals surface area (Å²) in [5.41, 5.74) is 8.12. The molecule has 0 saturated carbocycles. The van der Waals surface area contributed by atoms with Crippen LogP contribution in [0.3, 0.4) is 0 Å². The van der Waals surface area contributed by atoms with E-state index in [1.807, 2.05) is 6.07 Å². The van der Waals surface area contributed by atoms with Gasteiger partial charge in [-0.3, -0.25) is 0 Å². The van der Waals surface area contributed by atoms with Gasteiger partial charge in [0, 0.05) is 11.3 Å². The minimum absolute atomic E-state index is 0.0659. The van der Waals surface area contributed by atoms with E-state index in [1.165, 1.54) is 16.0 Å². The van der Waals surface area contributed by atoms with Gasteiger partial charge in [0.2, 0.25) is 0 Å². The van der Waals surface area contributed by atoms with Gasteiger partial charge in [-0.25, -0.2) is 0 Å². The molecule has 0 spiro atoms. The van der Waals surface area contributed by atoms with E-state index in [0.717, 1.165) is 12.2 Å². The van der Waals surface area contributed by atoms with Gasteiger partial charge in [-0.1, -0.05) is 12.1 Å². The SMILES string of the molecule is Cc1cc(C)cc(OC(CCN)c2cccs2)c1. The molecule has 96 valence electrons. The van der Waals surface area contributed by atoms with E-state index in [0.29, 0.717) is 6.54 Å². The number of hydrogen-bond acceptors (Lipinski definition) is 3. The van der Waals surface area contributed by atoms with Crippen LogP contribution in [0.4, 0.5) is 0 Å². The fourth-order valence-electron chi connectivity index (χ4n) is 2.05. The molecule has 0 aliphatic carbocycles. The van der Waals surface area contributed by atoms with E-state index in [1.54, 1.807) is 11.3 Å². The number of hydrogen-bond donors (Lipinski definition) is 1. The summed E-state index contributed by atoms with van der Waals surface area (Å²) in [5, 5.41) is 2.07. The molecule has 1 aromatic heterocycles. The third-order valence-corrected chi connectivity index (χ3v) is 3.73. The van der Waals surface area contributed by atoms with E-state index in [-0.39, 0.29) is 6.10 Å². The van der Waals surface area contributed by atoms with Crippen LogP contribution in [0.25, 0.3) is 0 Å². The quantitative estimate of drug-likeness (QED) is 0.887. The van der Waals surface area contributed by atoms with Gasteiger partial charge in [0.05, 0.1) is 0 Å². The third-order valence-electron chi connectivity index (χ3n) is 2.76. The van der Waals surface area contributed by atoms with E-state index >= 15 is 0 Å². The summed E-state index contributed by atoms with van der Waals surface area (Å²) in [6.45, 7) is 4.80. The highest BCUT2D eigenvalue weighted by molar-refractivity contribution is 7.10. The molecule has 2 rings (SSSR count). The molecule has 1 atom stereocenters. The number of aryl methyl sites for hydroxylation is 2. The maximum absolute atomic E-state index is 6.09. The Balaban J connectivity index is 2.18. The highest BCUT2D eigenvalue weighted by Crippen LogP contribution is 2.28. The van der Waals surface area contributed by atoms with Crippen molar-refractivity contribution in [1.82, 2.24) is 0 Å². The Hall–Kier alpha value is -1.32. The molecular weight excluding hydrogens is 242 g/mol. The highest BCUT2D eigenvalue weighted by atomic mass is 32.1. The molecule has 1 heterocycles. The van der Waals surface area contributed by atoms with Crippen molar-refractivity contribution in [2.24, 2.45) is 5.73 Å². The van der Waals surface area contributed by atoms with E-state index < -0.39 is 0 Å². The van der Waals surface area contributed by atoms with Crippen LogP contribution in [0.1, 0.15) is 28.5 Å². The predicted octanol–water partition coefficient (Wildman–Crippen LogP) is 3.83. The van der Waals surface area contributed by atoms with Crippen LogP contribution in [-0.4, -0.2) is 6.54 Å². The van der Waals surface area contributed by atoms with Crippen molar-refractivity contribution in [3.05, 3.63) is 51.7 Å². The minimum Gasteiger partial charge on any atom is -0.485 e. The average Bonchev–Trinajstić information content (AvgIpc) is 2.80. The van der Waals surface area contributed by atoms with Gasteiger partial charge in [-0.05, 0) is 55.1 Å². The van der Waals surface area contributed by atoms with Gasteiger partial charge in [0.1, 0.15) is 11.9 Å². The summed E-state index contributed by atoms with van der Waals surface area (Å²) >= 11 is 1.72. The fraction of sp³-hybridized carbons (Fsp3) is 0.333. The van der Waals surface area contributed by atoms with Crippen molar-refractivity contribution >= 4 is 11.3 Å². The second-order valence-corrected chi connectivity index (χ2v) is 5.50. The number of ether oxygens (including phenoxy) is 1. The van der Waals surface area contributed by atoms with Crippen molar-refractivity contribution in [3.63, 3.8) is 0 Å².